The number of carbonyl (C=O) groups excluding carboxylic acids is 2. The van der Waals surface area contributed by atoms with E-state index < -0.39 is 6.04 Å². The van der Waals surface area contributed by atoms with Crippen LogP contribution in [0, 0.1) is 0 Å². The first-order chi connectivity index (χ1) is 20.2. The first kappa shape index (κ1) is 27.3. The van der Waals surface area contributed by atoms with E-state index in [2.05, 4.69) is 15.2 Å². The van der Waals surface area contributed by atoms with E-state index in [1.165, 1.54) is 25.7 Å². The molecule has 1 atom stereocenters. The fourth-order valence-electron chi connectivity index (χ4n) is 6.42. The van der Waals surface area contributed by atoms with Crippen LogP contribution in [0.15, 0.2) is 77.3 Å². The third kappa shape index (κ3) is 6.41. The van der Waals surface area contributed by atoms with Crippen LogP contribution in [0.3, 0.4) is 0 Å². The molecule has 4 aromatic rings. The first-order valence-electron chi connectivity index (χ1n) is 15.2. The van der Waals surface area contributed by atoms with Gasteiger partial charge in [-0.3, -0.25) is 14.5 Å². The normalized spacial score (nSPS) is 17.4. The van der Waals surface area contributed by atoms with Gasteiger partial charge >= 0.3 is 0 Å². The van der Waals surface area contributed by atoms with Gasteiger partial charge in [0.05, 0.1) is 6.54 Å². The number of likely N-dealkylation sites (tertiary alicyclic amines) is 1. The number of aromatic amines is 1. The minimum Gasteiger partial charge on any atom is -0.455 e. The predicted molar refractivity (Wildman–Crippen MR) is 160 cm³/mol. The number of hydrogen-bond acceptors (Lipinski definition) is 4. The zero-order valence-corrected chi connectivity index (χ0v) is 23.7. The molecule has 2 amide bonds. The highest BCUT2D eigenvalue weighted by Crippen LogP contribution is 2.32. The minimum atomic E-state index is -0.823. The molecule has 1 aliphatic carbocycles. The van der Waals surface area contributed by atoms with Gasteiger partial charge < -0.3 is 19.6 Å². The molecule has 2 aliphatic rings. The van der Waals surface area contributed by atoms with Gasteiger partial charge in [-0.05, 0) is 62.5 Å². The lowest BCUT2D eigenvalue weighted by atomic mass is 9.94. The summed E-state index contributed by atoms with van der Waals surface area (Å²) >= 11 is 0. The number of amides is 2. The molecule has 1 saturated heterocycles. The molecular formula is C34H40N4O3. The van der Waals surface area contributed by atoms with Crippen molar-refractivity contribution in [1.82, 2.24) is 20.1 Å². The van der Waals surface area contributed by atoms with Crippen LogP contribution in [0.1, 0.15) is 84.9 Å². The average molecular weight is 553 g/mol. The van der Waals surface area contributed by atoms with Gasteiger partial charge in [0.25, 0.3) is 5.91 Å². The number of rotatable bonds is 9. The van der Waals surface area contributed by atoms with Crippen molar-refractivity contribution in [2.75, 3.05) is 13.1 Å². The van der Waals surface area contributed by atoms with Crippen LogP contribution in [0.4, 0.5) is 0 Å². The second kappa shape index (κ2) is 12.8. The molecular weight excluding hydrogens is 512 g/mol. The van der Waals surface area contributed by atoms with E-state index in [-0.39, 0.29) is 30.2 Å². The maximum atomic E-state index is 14.4. The number of fused-ring (bicyclic) bond motifs is 1. The monoisotopic (exact) mass is 552 g/mol. The number of furan rings is 1. The van der Waals surface area contributed by atoms with Crippen molar-refractivity contribution in [3.8, 4) is 0 Å². The fourth-order valence-corrected chi connectivity index (χ4v) is 6.42. The zero-order chi connectivity index (χ0) is 28.0. The Hall–Kier alpha value is -3.84. The summed E-state index contributed by atoms with van der Waals surface area (Å²) in [6.45, 7) is 3.08. The molecule has 0 unspecified atom stereocenters. The Morgan fingerprint density at radius 2 is 1.63 bits per heavy atom. The van der Waals surface area contributed by atoms with Gasteiger partial charge in [-0.1, -0.05) is 74.2 Å². The topological polar surface area (TPSA) is 81.6 Å². The maximum absolute atomic E-state index is 14.4. The fraction of sp³-hybridized carbons (Fsp3) is 0.412. The van der Waals surface area contributed by atoms with Gasteiger partial charge in [-0.15, -0.1) is 0 Å². The zero-order valence-electron chi connectivity index (χ0n) is 23.7. The van der Waals surface area contributed by atoms with E-state index in [0.717, 1.165) is 66.6 Å². The number of piperidine rings is 1. The molecule has 2 aromatic heterocycles. The van der Waals surface area contributed by atoms with Crippen molar-refractivity contribution in [2.24, 2.45) is 0 Å². The number of nitrogens with one attached hydrogen (secondary N) is 2. The van der Waals surface area contributed by atoms with E-state index in [0.29, 0.717) is 6.54 Å². The largest absolute Gasteiger partial charge is 0.455 e. The number of para-hydroxylation sites is 1. The van der Waals surface area contributed by atoms with Gasteiger partial charge in [0.2, 0.25) is 5.91 Å². The van der Waals surface area contributed by atoms with Crippen molar-refractivity contribution in [2.45, 2.75) is 76.5 Å². The van der Waals surface area contributed by atoms with Crippen molar-refractivity contribution in [1.29, 1.82) is 0 Å². The highest BCUT2D eigenvalue weighted by Gasteiger charge is 2.36. The molecule has 1 aliphatic heterocycles. The van der Waals surface area contributed by atoms with Crippen LogP contribution >= 0.6 is 0 Å². The number of nitrogens with zero attached hydrogens (tertiary/aromatic N) is 2. The van der Waals surface area contributed by atoms with Crippen LogP contribution in [-0.2, 0) is 17.9 Å². The lowest BCUT2D eigenvalue weighted by Gasteiger charge is -2.33. The summed E-state index contributed by atoms with van der Waals surface area (Å²) in [5, 5.41) is 4.26. The minimum absolute atomic E-state index is 0.123. The van der Waals surface area contributed by atoms with Crippen molar-refractivity contribution >= 4 is 22.7 Å². The molecule has 2 aromatic carbocycles. The SMILES string of the molecule is O=C(NC1CCCCC1)[C@@H](c1c[nH]c2ccccc12)N(Cc1ccccc1)C(=O)c1ccc(CN2CCCCC2)o1. The standard InChI is InChI=1S/C34H40N4O3/c39-33(36-26-14-6-2-7-15-26)32(29-22-35-30-17-9-8-16-28(29)30)38(23-25-12-4-1-5-13-25)34(40)31-19-18-27(41-31)24-37-20-10-3-11-21-37/h1,4-5,8-9,12-13,16-19,22,26,32,35H,2-3,6-7,10-11,14-15,20-21,23-24H2,(H,36,39)/t32-/m1/s1. The van der Waals surface area contributed by atoms with E-state index in [4.69, 9.17) is 4.42 Å². The number of aromatic nitrogens is 1. The molecule has 214 valence electrons. The van der Waals surface area contributed by atoms with E-state index in [9.17, 15) is 9.59 Å². The Kier molecular flexibility index (Phi) is 8.52. The van der Waals surface area contributed by atoms with Gasteiger partial charge in [-0.25, -0.2) is 0 Å². The summed E-state index contributed by atoms with van der Waals surface area (Å²) in [4.78, 5) is 36.0. The maximum Gasteiger partial charge on any atom is 0.290 e. The van der Waals surface area contributed by atoms with E-state index >= 15 is 0 Å². The van der Waals surface area contributed by atoms with Crippen LogP contribution in [-0.4, -0.2) is 45.7 Å². The molecule has 0 bridgehead atoms. The summed E-state index contributed by atoms with van der Waals surface area (Å²) in [5.74, 6) is 0.618. The highest BCUT2D eigenvalue weighted by molar-refractivity contribution is 5.98. The second-order valence-electron chi connectivity index (χ2n) is 11.6. The van der Waals surface area contributed by atoms with E-state index in [1.807, 2.05) is 66.9 Å². The summed E-state index contributed by atoms with van der Waals surface area (Å²) in [6, 6.07) is 20.8. The molecule has 41 heavy (non-hydrogen) atoms. The van der Waals surface area contributed by atoms with Gasteiger partial charge in [0.15, 0.2) is 5.76 Å². The third-order valence-corrected chi connectivity index (χ3v) is 8.58. The Morgan fingerprint density at radius 3 is 2.44 bits per heavy atom. The van der Waals surface area contributed by atoms with Gasteiger partial charge in [-0.2, -0.15) is 0 Å². The second-order valence-corrected chi connectivity index (χ2v) is 11.6. The van der Waals surface area contributed by atoms with E-state index in [1.54, 1.807) is 11.0 Å². The summed E-state index contributed by atoms with van der Waals surface area (Å²) in [5.41, 5.74) is 2.68. The molecule has 0 radical (unpaired) electrons. The summed E-state index contributed by atoms with van der Waals surface area (Å²) in [6.07, 6.45) is 10.9. The highest BCUT2D eigenvalue weighted by atomic mass is 16.4. The number of hydrogen-bond donors (Lipinski definition) is 2. The Labute approximate surface area is 241 Å². The molecule has 1 saturated carbocycles. The molecule has 6 rings (SSSR count). The first-order valence-corrected chi connectivity index (χ1v) is 15.2. The van der Waals surface area contributed by atoms with Gasteiger partial charge in [0.1, 0.15) is 11.8 Å². The lowest BCUT2D eigenvalue weighted by Crippen LogP contribution is -2.46. The molecule has 2 fully saturated rings. The molecule has 2 N–H and O–H groups in total. The van der Waals surface area contributed by atoms with Crippen molar-refractivity contribution in [3.05, 3.63) is 95.6 Å². The predicted octanol–water partition coefficient (Wildman–Crippen LogP) is 6.58. The van der Waals surface area contributed by atoms with Crippen molar-refractivity contribution < 1.29 is 14.0 Å². The van der Waals surface area contributed by atoms with Crippen LogP contribution < -0.4 is 5.32 Å². The summed E-state index contributed by atoms with van der Waals surface area (Å²) < 4.78 is 6.18. The Morgan fingerprint density at radius 1 is 0.902 bits per heavy atom. The molecule has 3 heterocycles. The van der Waals surface area contributed by atoms with Crippen LogP contribution in [0.25, 0.3) is 10.9 Å². The molecule has 7 nitrogen and oxygen atoms in total. The lowest BCUT2D eigenvalue weighted by molar-refractivity contribution is -0.127. The van der Waals surface area contributed by atoms with Gasteiger partial charge in [0, 0.05) is 35.2 Å². The quantitative estimate of drug-likeness (QED) is 0.246. The van der Waals surface area contributed by atoms with Crippen LogP contribution in [0.2, 0.25) is 0 Å². The molecule has 7 heteroatoms. The van der Waals surface area contributed by atoms with Crippen molar-refractivity contribution in [3.63, 3.8) is 0 Å². The number of carbonyl (C=O) groups is 2. The van der Waals surface area contributed by atoms with Crippen LogP contribution in [0.5, 0.6) is 0 Å². The molecule has 0 spiro atoms. The number of benzene rings is 2. The Bertz CT molecular complexity index is 1450. The summed E-state index contributed by atoms with van der Waals surface area (Å²) in [7, 11) is 0. The average Bonchev–Trinajstić information content (AvgIpc) is 3.66. The Balaban J connectivity index is 1.36. The smallest absolute Gasteiger partial charge is 0.290 e. The third-order valence-electron chi connectivity index (χ3n) is 8.58. The number of H-pyrrole nitrogens is 1.